The van der Waals surface area contributed by atoms with Gasteiger partial charge in [-0.15, -0.1) is 0 Å². The second kappa shape index (κ2) is 7.86. The Hall–Kier alpha value is -2.98. The molecule has 1 aliphatic rings. The van der Waals surface area contributed by atoms with Crippen molar-refractivity contribution in [2.45, 2.75) is 29.8 Å². The van der Waals surface area contributed by atoms with E-state index in [9.17, 15) is 31.5 Å². The third kappa shape index (κ3) is 4.33. The highest BCUT2D eigenvalue weighted by atomic mass is 35.5. The summed E-state index contributed by atoms with van der Waals surface area (Å²) in [7, 11) is -4.43. The first kappa shape index (κ1) is 22.2. The molecule has 0 amide bonds. The normalized spacial score (nSPS) is 14.4. The summed E-state index contributed by atoms with van der Waals surface area (Å²) in [5.74, 6) is -1.37. The molecule has 0 unspecified atom stereocenters. The maximum absolute atomic E-state index is 13.4. The van der Waals surface area contributed by atoms with Crippen molar-refractivity contribution in [2.24, 2.45) is 0 Å². The summed E-state index contributed by atoms with van der Waals surface area (Å²) in [6.07, 6.45) is -0.283. The Morgan fingerprint density at radius 3 is 2.34 bits per heavy atom. The summed E-state index contributed by atoms with van der Waals surface area (Å²) < 4.78 is 70.5. The molecule has 1 aromatic heterocycles. The molecule has 2 aromatic carbocycles. The number of carboxylic acid groups (broad SMARTS) is 1. The van der Waals surface area contributed by atoms with Crippen molar-refractivity contribution in [1.29, 1.82) is 0 Å². The van der Waals surface area contributed by atoms with Crippen LogP contribution < -0.4 is 4.72 Å². The van der Waals surface area contributed by atoms with Crippen molar-refractivity contribution in [3.63, 3.8) is 0 Å². The van der Waals surface area contributed by atoms with Crippen molar-refractivity contribution < 1.29 is 31.5 Å². The van der Waals surface area contributed by atoms with Gasteiger partial charge in [0.2, 0.25) is 0 Å². The van der Waals surface area contributed by atoms with Gasteiger partial charge >= 0.3 is 12.1 Å². The molecular formula is C21H16ClF3N2O4S. The van der Waals surface area contributed by atoms with Crippen molar-refractivity contribution in [1.82, 2.24) is 4.57 Å². The van der Waals surface area contributed by atoms with Crippen LogP contribution in [0, 0.1) is 0 Å². The van der Waals surface area contributed by atoms with Crippen molar-refractivity contribution in [3.05, 3.63) is 76.6 Å². The van der Waals surface area contributed by atoms with E-state index < -0.39 is 32.8 Å². The maximum atomic E-state index is 13.4. The summed E-state index contributed by atoms with van der Waals surface area (Å²) in [6, 6.07) is 8.66. The number of sulfonamides is 1. The lowest BCUT2D eigenvalue weighted by Gasteiger charge is -2.19. The van der Waals surface area contributed by atoms with Crippen LogP contribution in [0.5, 0.6) is 0 Å². The lowest BCUT2D eigenvalue weighted by Crippen LogP contribution is -2.18. The number of nitrogens with zero attached hydrogens (tertiary/aromatic N) is 1. The van der Waals surface area contributed by atoms with Gasteiger partial charge in [0, 0.05) is 12.4 Å². The van der Waals surface area contributed by atoms with Crippen LogP contribution in [-0.4, -0.2) is 24.1 Å². The molecule has 0 atom stereocenters. The van der Waals surface area contributed by atoms with Gasteiger partial charge in [0.1, 0.15) is 0 Å². The number of rotatable bonds is 6. The van der Waals surface area contributed by atoms with Crippen LogP contribution in [0.4, 0.5) is 18.9 Å². The molecule has 0 bridgehead atoms. The van der Waals surface area contributed by atoms with Crippen LogP contribution >= 0.6 is 11.6 Å². The van der Waals surface area contributed by atoms with E-state index >= 15 is 0 Å². The molecule has 4 rings (SSSR count). The molecule has 0 aliphatic heterocycles. The van der Waals surface area contributed by atoms with Crippen molar-refractivity contribution in [2.75, 3.05) is 4.72 Å². The molecule has 1 heterocycles. The standard InChI is InChI=1S/C21H16ClF3N2O4S/c22-16-11-18(27-7-1-2-8-27)17(10-15(16)21(23,24)25)26-32(30,31)19-9-13(20(28)29)5-6-14(19)12-3-4-12/h1-2,5-12,26H,3-4H2,(H,28,29). The van der Waals surface area contributed by atoms with Gasteiger partial charge in [-0.1, -0.05) is 17.7 Å². The van der Waals surface area contributed by atoms with E-state index in [-0.39, 0.29) is 27.8 Å². The first-order valence-electron chi connectivity index (χ1n) is 9.41. The van der Waals surface area contributed by atoms with E-state index in [2.05, 4.69) is 4.72 Å². The Morgan fingerprint density at radius 1 is 1.12 bits per heavy atom. The fourth-order valence-corrected chi connectivity index (χ4v) is 5.06. The fraction of sp³-hybridized carbons (Fsp3) is 0.190. The van der Waals surface area contributed by atoms with E-state index in [1.807, 2.05) is 0 Å². The van der Waals surface area contributed by atoms with Crippen LogP contribution in [0.3, 0.4) is 0 Å². The third-order valence-corrected chi connectivity index (χ3v) is 6.82. The fourth-order valence-electron chi connectivity index (χ4n) is 3.40. The summed E-state index contributed by atoms with van der Waals surface area (Å²) in [6.45, 7) is 0. The number of alkyl halides is 3. The summed E-state index contributed by atoms with van der Waals surface area (Å²) in [5.41, 5.74) is -1.28. The van der Waals surface area contributed by atoms with Crippen LogP contribution in [0.1, 0.15) is 40.2 Å². The number of hydrogen-bond donors (Lipinski definition) is 2. The van der Waals surface area contributed by atoms with Gasteiger partial charge in [-0.3, -0.25) is 4.72 Å². The summed E-state index contributed by atoms with van der Waals surface area (Å²) in [5, 5.41) is 8.69. The molecule has 2 N–H and O–H groups in total. The van der Waals surface area contributed by atoms with Gasteiger partial charge < -0.3 is 9.67 Å². The van der Waals surface area contributed by atoms with Gasteiger partial charge in [-0.05, 0) is 60.7 Å². The SMILES string of the molecule is O=C(O)c1ccc(C2CC2)c(S(=O)(=O)Nc2cc(C(F)(F)F)c(Cl)cc2-n2cccc2)c1. The molecule has 168 valence electrons. The van der Waals surface area contributed by atoms with Gasteiger partial charge in [-0.25, -0.2) is 13.2 Å². The average Bonchev–Trinajstić information content (AvgIpc) is 3.41. The minimum Gasteiger partial charge on any atom is -0.478 e. The number of aromatic carboxylic acids is 1. The summed E-state index contributed by atoms with van der Waals surface area (Å²) in [4.78, 5) is 11.1. The van der Waals surface area contributed by atoms with Crippen LogP contribution in [0.2, 0.25) is 5.02 Å². The molecular weight excluding hydrogens is 469 g/mol. The van der Waals surface area contributed by atoms with Crippen LogP contribution in [0.25, 0.3) is 5.69 Å². The maximum Gasteiger partial charge on any atom is 0.417 e. The quantitative estimate of drug-likeness (QED) is 0.482. The zero-order valence-corrected chi connectivity index (χ0v) is 17.8. The number of halogens is 4. The van der Waals surface area contributed by atoms with Gasteiger partial charge in [0.15, 0.2) is 0 Å². The molecule has 0 saturated heterocycles. The summed E-state index contributed by atoms with van der Waals surface area (Å²) >= 11 is 5.85. The largest absolute Gasteiger partial charge is 0.478 e. The lowest BCUT2D eigenvalue weighted by atomic mass is 10.1. The minimum absolute atomic E-state index is 0.0516. The Kier molecular flexibility index (Phi) is 5.46. The molecule has 1 saturated carbocycles. The Morgan fingerprint density at radius 2 is 1.78 bits per heavy atom. The zero-order chi connectivity index (χ0) is 23.3. The average molecular weight is 485 g/mol. The number of carboxylic acids is 1. The van der Waals surface area contributed by atoms with Crippen molar-refractivity contribution in [3.8, 4) is 5.69 Å². The number of hydrogen-bond acceptors (Lipinski definition) is 3. The molecule has 6 nitrogen and oxygen atoms in total. The number of anilines is 1. The molecule has 3 aromatic rings. The van der Waals surface area contributed by atoms with E-state index in [0.29, 0.717) is 11.6 Å². The van der Waals surface area contributed by atoms with E-state index in [1.165, 1.54) is 29.1 Å². The topological polar surface area (TPSA) is 88.4 Å². The highest BCUT2D eigenvalue weighted by molar-refractivity contribution is 7.92. The van der Waals surface area contributed by atoms with Crippen LogP contribution in [0.15, 0.2) is 59.8 Å². The van der Waals surface area contributed by atoms with Gasteiger partial charge in [0.25, 0.3) is 10.0 Å². The monoisotopic (exact) mass is 484 g/mol. The van der Waals surface area contributed by atoms with E-state index in [0.717, 1.165) is 25.0 Å². The first-order chi connectivity index (χ1) is 15.0. The lowest BCUT2D eigenvalue weighted by molar-refractivity contribution is -0.137. The number of carbonyl (C=O) groups is 1. The highest BCUT2D eigenvalue weighted by Gasteiger charge is 2.36. The second-order valence-corrected chi connectivity index (χ2v) is 9.43. The minimum atomic E-state index is -4.81. The van der Waals surface area contributed by atoms with Gasteiger partial charge in [0.05, 0.1) is 32.4 Å². The Bertz CT molecular complexity index is 1300. The van der Waals surface area contributed by atoms with E-state index in [4.69, 9.17) is 11.6 Å². The predicted molar refractivity (Wildman–Crippen MR) is 112 cm³/mol. The Balaban J connectivity index is 1.86. The smallest absolute Gasteiger partial charge is 0.417 e. The molecule has 0 radical (unpaired) electrons. The second-order valence-electron chi connectivity index (χ2n) is 7.37. The molecule has 32 heavy (non-hydrogen) atoms. The predicted octanol–water partition coefficient (Wildman–Crippen LogP) is 5.53. The first-order valence-corrected chi connectivity index (χ1v) is 11.3. The zero-order valence-electron chi connectivity index (χ0n) is 16.2. The Labute approximate surface area is 186 Å². The molecule has 11 heteroatoms. The molecule has 1 aliphatic carbocycles. The number of nitrogens with one attached hydrogen (secondary N) is 1. The highest BCUT2D eigenvalue weighted by Crippen LogP contribution is 2.44. The van der Waals surface area contributed by atoms with Gasteiger partial charge in [-0.2, -0.15) is 13.2 Å². The van der Waals surface area contributed by atoms with Crippen LogP contribution in [-0.2, 0) is 16.2 Å². The molecule has 1 fully saturated rings. The number of aromatic nitrogens is 1. The third-order valence-electron chi connectivity index (χ3n) is 5.08. The number of benzene rings is 2. The van der Waals surface area contributed by atoms with Crippen molar-refractivity contribution >= 4 is 33.3 Å². The molecule has 0 spiro atoms. The van der Waals surface area contributed by atoms with E-state index in [1.54, 1.807) is 12.1 Å².